The highest BCUT2D eigenvalue weighted by Crippen LogP contribution is 2.35. The van der Waals surface area contributed by atoms with E-state index >= 15 is 0 Å². The second-order valence-corrected chi connectivity index (χ2v) is 8.61. The summed E-state index contributed by atoms with van der Waals surface area (Å²) in [5.41, 5.74) is 3.44. The van der Waals surface area contributed by atoms with E-state index in [0.29, 0.717) is 17.2 Å². The highest BCUT2D eigenvalue weighted by Gasteiger charge is 2.21. The number of hydrogen-bond donors (Lipinski definition) is 4. The maximum atomic E-state index is 14.9. The smallest absolute Gasteiger partial charge is 0.278 e. The molecule has 35 heavy (non-hydrogen) atoms. The van der Waals surface area contributed by atoms with E-state index in [9.17, 15) is 17.9 Å². The zero-order chi connectivity index (χ0) is 25.5. The van der Waals surface area contributed by atoms with Crippen molar-refractivity contribution in [1.29, 1.82) is 0 Å². The van der Waals surface area contributed by atoms with E-state index in [0.717, 1.165) is 4.31 Å². The Morgan fingerprint density at radius 1 is 1.20 bits per heavy atom. The van der Waals surface area contributed by atoms with Gasteiger partial charge in [0.15, 0.2) is 0 Å². The van der Waals surface area contributed by atoms with Gasteiger partial charge >= 0.3 is 0 Å². The summed E-state index contributed by atoms with van der Waals surface area (Å²) in [5.74, 6) is -0.458. The van der Waals surface area contributed by atoms with Crippen molar-refractivity contribution in [2.24, 2.45) is 0 Å². The predicted octanol–water partition coefficient (Wildman–Crippen LogP) is 3.88. The molecule has 0 fully saturated rings. The van der Waals surface area contributed by atoms with E-state index in [1.165, 1.54) is 37.8 Å². The number of amides is 1. The van der Waals surface area contributed by atoms with E-state index in [1.807, 2.05) is 13.8 Å². The Hall–Kier alpha value is -3.68. The number of rotatable bonds is 10. The summed E-state index contributed by atoms with van der Waals surface area (Å²) in [4.78, 5) is 29.9. The van der Waals surface area contributed by atoms with Crippen LogP contribution in [0.3, 0.4) is 0 Å². The molecule has 2 aromatic heterocycles. The summed E-state index contributed by atoms with van der Waals surface area (Å²) in [6, 6.07) is 5.87. The molecule has 0 aliphatic heterocycles. The maximum Gasteiger partial charge on any atom is 0.278 e. The van der Waals surface area contributed by atoms with Gasteiger partial charge < -0.3 is 10.6 Å². The van der Waals surface area contributed by atoms with Gasteiger partial charge in [0, 0.05) is 25.5 Å². The van der Waals surface area contributed by atoms with Gasteiger partial charge in [-0.1, -0.05) is 13.8 Å². The van der Waals surface area contributed by atoms with Crippen molar-refractivity contribution < 1.29 is 22.8 Å². The molecule has 11 nitrogen and oxygen atoms in total. The first-order chi connectivity index (χ1) is 16.7. The number of carbonyl (C=O) groups is 1. The zero-order valence-corrected chi connectivity index (χ0v) is 20.4. The van der Waals surface area contributed by atoms with Crippen LogP contribution in [0.5, 0.6) is 0 Å². The molecule has 1 aromatic carbocycles. The van der Waals surface area contributed by atoms with Crippen LogP contribution in [0, 0.1) is 5.82 Å². The van der Waals surface area contributed by atoms with Gasteiger partial charge in [0.1, 0.15) is 23.8 Å². The number of aromatic nitrogens is 3. The number of nitrogens with one attached hydrogen (secondary N) is 3. The number of halogens is 1. The Kier molecular flexibility index (Phi) is 8.63. The molecule has 0 spiro atoms. The number of benzene rings is 1. The molecule has 1 amide bonds. The lowest BCUT2D eigenvalue weighted by atomic mass is 10.0. The molecule has 0 aliphatic carbocycles. The maximum absolute atomic E-state index is 14.9. The standard InChI is InChI=1S/C22H26FN7O4S/c1-5-34-29-22(31)15-11-25-21(28-20-6-7-24-12-26-20)10-17(15)27-18-9-16(23)14(13(2)3)8-19(18)30(4)35(32)33/h6-13H,5H2,1-4H3,(H,29,31)(H,32,33)(H2,24,25,26,27,28). The quantitative estimate of drug-likeness (QED) is 0.239. The van der Waals surface area contributed by atoms with Crippen molar-refractivity contribution in [1.82, 2.24) is 20.4 Å². The number of pyridine rings is 1. The largest absolute Gasteiger partial charge is 0.353 e. The summed E-state index contributed by atoms with van der Waals surface area (Å²) in [6.07, 6.45) is 4.22. The van der Waals surface area contributed by atoms with E-state index in [4.69, 9.17) is 4.84 Å². The van der Waals surface area contributed by atoms with E-state index < -0.39 is 23.0 Å². The lowest BCUT2D eigenvalue weighted by molar-refractivity contribution is 0.0365. The van der Waals surface area contributed by atoms with Gasteiger partial charge in [0.2, 0.25) is 0 Å². The molecule has 0 saturated heterocycles. The molecule has 1 unspecified atom stereocenters. The number of hydrogen-bond acceptors (Lipinski definition) is 8. The molecule has 0 aliphatic rings. The minimum Gasteiger partial charge on any atom is -0.353 e. The van der Waals surface area contributed by atoms with Crippen LogP contribution in [0.25, 0.3) is 0 Å². The van der Waals surface area contributed by atoms with Crippen LogP contribution in [0.2, 0.25) is 0 Å². The Balaban J connectivity index is 2.09. The minimum absolute atomic E-state index is 0.0961. The van der Waals surface area contributed by atoms with Gasteiger partial charge in [-0.3, -0.25) is 18.5 Å². The van der Waals surface area contributed by atoms with Crippen LogP contribution < -0.4 is 20.4 Å². The van der Waals surface area contributed by atoms with Crippen molar-refractivity contribution in [2.45, 2.75) is 26.7 Å². The molecule has 4 N–H and O–H groups in total. The third kappa shape index (κ3) is 6.47. The van der Waals surface area contributed by atoms with Crippen molar-refractivity contribution in [3.63, 3.8) is 0 Å². The molecule has 1 atom stereocenters. The van der Waals surface area contributed by atoms with Gasteiger partial charge in [-0.15, -0.1) is 0 Å². The second-order valence-electron chi connectivity index (χ2n) is 7.60. The Bertz CT molecular complexity index is 1210. The summed E-state index contributed by atoms with van der Waals surface area (Å²) < 4.78 is 37.5. The second kappa shape index (κ2) is 11.6. The van der Waals surface area contributed by atoms with Crippen LogP contribution in [0.1, 0.15) is 42.6 Å². The first-order valence-corrected chi connectivity index (χ1v) is 11.7. The SMILES string of the molecule is CCONC(=O)c1cnc(Nc2ccncn2)cc1Nc1cc(F)c(C(C)C)cc1N(C)S(=O)O. The molecule has 186 valence electrons. The van der Waals surface area contributed by atoms with Crippen LogP contribution >= 0.6 is 0 Å². The molecule has 0 radical (unpaired) electrons. The summed E-state index contributed by atoms with van der Waals surface area (Å²) in [6.45, 7) is 5.58. The average Bonchev–Trinajstić information content (AvgIpc) is 2.82. The fourth-order valence-electron chi connectivity index (χ4n) is 3.11. The third-order valence-electron chi connectivity index (χ3n) is 4.88. The molecule has 0 saturated carbocycles. The number of anilines is 5. The average molecular weight is 504 g/mol. The first-order valence-electron chi connectivity index (χ1n) is 10.6. The molecular formula is C22H26FN7O4S. The predicted molar refractivity (Wildman–Crippen MR) is 132 cm³/mol. The van der Waals surface area contributed by atoms with E-state index in [-0.39, 0.29) is 35.2 Å². The summed E-state index contributed by atoms with van der Waals surface area (Å²) >= 11 is -2.37. The van der Waals surface area contributed by atoms with Crippen molar-refractivity contribution in [3.05, 3.63) is 59.9 Å². The fourth-order valence-corrected chi connectivity index (χ4v) is 3.43. The number of hydroxylamine groups is 1. The Labute approximate surface area is 204 Å². The van der Waals surface area contributed by atoms with Crippen molar-refractivity contribution in [2.75, 3.05) is 28.6 Å². The minimum atomic E-state index is -2.37. The van der Waals surface area contributed by atoms with Crippen LogP contribution in [0.4, 0.5) is 33.1 Å². The van der Waals surface area contributed by atoms with Crippen molar-refractivity contribution >= 4 is 45.9 Å². The molecular weight excluding hydrogens is 477 g/mol. The highest BCUT2D eigenvalue weighted by molar-refractivity contribution is 7.80. The van der Waals surface area contributed by atoms with E-state index in [2.05, 4.69) is 31.1 Å². The lowest BCUT2D eigenvalue weighted by Gasteiger charge is -2.22. The molecule has 0 bridgehead atoms. The van der Waals surface area contributed by atoms with Gasteiger partial charge in [-0.05, 0) is 36.6 Å². The Morgan fingerprint density at radius 2 is 1.97 bits per heavy atom. The molecule has 13 heteroatoms. The normalized spacial score (nSPS) is 11.7. The summed E-state index contributed by atoms with van der Waals surface area (Å²) in [7, 11) is 1.40. The monoisotopic (exact) mass is 503 g/mol. The van der Waals surface area contributed by atoms with Crippen LogP contribution in [-0.2, 0) is 16.1 Å². The first kappa shape index (κ1) is 25.9. The zero-order valence-electron chi connectivity index (χ0n) is 19.6. The molecule has 3 rings (SSSR count). The van der Waals surface area contributed by atoms with Gasteiger partial charge in [0.25, 0.3) is 17.2 Å². The fraction of sp³-hybridized carbons (Fsp3) is 0.273. The van der Waals surface area contributed by atoms with Gasteiger partial charge in [-0.25, -0.2) is 29.0 Å². The number of nitrogens with zero attached hydrogens (tertiary/aromatic N) is 4. The third-order valence-corrected chi connectivity index (χ3v) is 5.54. The van der Waals surface area contributed by atoms with E-state index in [1.54, 1.807) is 19.2 Å². The number of carbonyl (C=O) groups excluding carboxylic acids is 1. The highest BCUT2D eigenvalue weighted by atomic mass is 32.2. The lowest BCUT2D eigenvalue weighted by Crippen LogP contribution is -2.25. The molecule has 3 aromatic rings. The molecule has 2 heterocycles. The summed E-state index contributed by atoms with van der Waals surface area (Å²) in [5, 5.41) is 6.00. The van der Waals surface area contributed by atoms with Gasteiger partial charge in [0.05, 0.1) is 29.2 Å². The van der Waals surface area contributed by atoms with Crippen molar-refractivity contribution in [3.8, 4) is 0 Å². The van der Waals surface area contributed by atoms with Crippen LogP contribution in [0.15, 0.2) is 43.0 Å². The van der Waals surface area contributed by atoms with Crippen LogP contribution in [-0.4, -0.2) is 43.3 Å². The topological polar surface area (TPSA) is 142 Å². The Morgan fingerprint density at radius 3 is 2.60 bits per heavy atom. The van der Waals surface area contributed by atoms with Gasteiger partial charge in [-0.2, -0.15) is 0 Å².